The highest BCUT2D eigenvalue weighted by Crippen LogP contribution is 2.41. The highest BCUT2D eigenvalue weighted by atomic mass is 16.7. The van der Waals surface area contributed by atoms with E-state index in [0.29, 0.717) is 35.0 Å². The van der Waals surface area contributed by atoms with Crippen LogP contribution < -0.4 is 14.2 Å². The lowest BCUT2D eigenvalue weighted by Gasteiger charge is -2.20. The number of hydrogen-bond acceptors (Lipinski definition) is 7. The predicted octanol–water partition coefficient (Wildman–Crippen LogP) is 5.81. The third-order valence-electron chi connectivity index (χ3n) is 4.98. The van der Waals surface area contributed by atoms with Crippen molar-refractivity contribution in [3.8, 4) is 17.2 Å². The van der Waals surface area contributed by atoms with Crippen molar-refractivity contribution in [1.82, 2.24) is 0 Å². The van der Waals surface area contributed by atoms with E-state index in [-0.39, 0.29) is 24.9 Å². The summed E-state index contributed by atoms with van der Waals surface area (Å²) in [5.41, 5.74) is 2.83. The molecule has 0 fully saturated rings. The number of furan rings is 1. The van der Waals surface area contributed by atoms with Gasteiger partial charge >= 0.3 is 0 Å². The van der Waals surface area contributed by atoms with Crippen LogP contribution in [0.15, 0.2) is 58.5 Å². The van der Waals surface area contributed by atoms with Gasteiger partial charge in [-0.15, -0.1) is 0 Å². The Morgan fingerprint density at radius 3 is 2.38 bits per heavy atom. The molecule has 0 atom stereocenters. The molecule has 0 saturated carbocycles. The molecule has 180 valence electrons. The maximum atomic E-state index is 13.4. The van der Waals surface area contributed by atoms with Crippen LogP contribution in [-0.2, 0) is 15.9 Å². The van der Waals surface area contributed by atoms with Crippen LogP contribution in [0, 0.1) is 0 Å². The number of carbonyl (C=O) groups is 1. The van der Waals surface area contributed by atoms with E-state index in [4.69, 9.17) is 28.1 Å². The summed E-state index contributed by atoms with van der Waals surface area (Å²) in [4.78, 5) is 13.4. The molecule has 0 aliphatic carbocycles. The number of methoxy groups -OCH3 is 3. The van der Waals surface area contributed by atoms with Crippen LogP contribution in [0.5, 0.6) is 17.2 Å². The fourth-order valence-corrected chi connectivity index (χ4v) is 3.40. The molecule has 0 saturated heterocycles. The Kier molecular flexibility index (Phi) is 8.90. The van der Waals surface area contributed by atoms with Crippen LogP contribution in [0.3, 0.4) is 0 Å². The summed E-state index contributed by atoms with van der Waals surface area (Å²) >= 11 is 0. The lowest BCUT2D eigenvalue weighted by Crippen LogP contribution is -2.12. The van der Waals surface area contributed by atoms with Gasteiger partial charge in [0.1, 0.15) is 34.2 Å². The minimum atomic E-state index is -0.305. The van der Waals surface area contributed by atoms with Crippen LogP contribution in [0.1, 0.15) is 35.5 Å². The molecule has 3 aromatic rings. The van der Waals surface area contributed by atoms with Gasteiger partial charge in [0.2, 0.25) is 0 Å². The Labute approximate surface area is 199 Å². The van der Waals surface area contributed by atoms with E-state index in [1.165, 1.54) is 27.4 Å². The molecular formula is C27H30O7. The van der Waals surface area contributed by atoms with E-state index >= 15 is 0 Å². The summed E-state index contributed by atoms with van der Waals surface area (Å²) in [6, 6.07) is 11.2. The molecule has 34 heavy (non-hydrogen) atoms. The number of carbonyl (C=O) groups excluding carboxylic acids is 1. The SMILES string of the molecule is COCOc1cc(OC)c(C(=O)/C=C/c2cc3ccccc3o2)c(OCOC)c1CC=C(C)C. The molecule has 2 aromatic carbocycles. The second-order valence-corrected chi connectivity index (χ2v) is 7.73. The summed E-state index contributed by atoms with van der Waals surface area (Å²) in [6.07, 6.45) is 5.58. The van der Waals surface area contributed by atoms with E-state index in [1.807, 2.05) is 50.3 Å². The Bertz CT molecular complexity index is 1150. The first-order valence-corrected chi connectivity index (χ1v) is 10.8. The molecule has 7 nitrogen and oxygen atoms in total. The molecule has 0 spiro atoms. The first kappa shape index (κ1) is 25.1. The van der Waals surface area contributed by atoms with Gasteiger partial charge in [0.05, 0.1) is 7.11 Å². The Morgan fingerprint density at radius 2 is 1.71 bits per heavy atom. The van der Waals surface area contributed by atoms with E-state index in [2.05, 4.69) is 0 Å². The van der Waals surface area contributed by atoms with Gasteiger partial charge < -0.3 is 28.1 Å². The van der Waals surface area contributed by atoms with E-state index in [1.54, 1.807) is 12.1 Å². The molecule has 1 aromatic heterocycles. The lowest BCUT2D eigenvalue weighted by molar-refractivity contribution is 0.0441. The predicted molar refractivity (Wildman–Crippen MR) is 131 cm³/mol. The van der Waals surface area contributed by atoms with Crippen molar-refractivity contribution in [3.05, 3.63) is 71.0 Å². The molecule has 0 amide bonds. The molecule has 0 unspecified atom stereocenters. The molecule has 0 N–H and O–H groups in total. The molecule has 7 heteroatoms. The standard InChI is InChI=1S/C27H30O7/c1-18(2)10-12-21-24(32-16-29-3)15-25(31-5)26(27(21)33-17-30-4)22(28)13-11-20-14-19-8-6-7-9-23(19)34-20/h6-11,13-15H,12,16-17H2,1-5H3/b13-11+. The minimum absolute atomic E-state index is 0.0357. The average molecular weight is 467 g/mol. The molecule has 3 rings (SSSR count). The van der Waals surface area contributed by atoms with Gasteiger partial charge in [-0.3, -0.25) is 4.79 Å². The van der Waals surface area contributed by atoms with Crippen LogP contribution in [0.4, 0.5) is 0 Å². The quantitative estimate of drug-likeness (QED) is 0.144. The molecule has 1 heterocycles. The summed E-state index contributed by atoms with van der Waals surface area (Å²) in [5, 5.41) is 0.958. The molecule has 0 radical (unpaired) electrons. The Hall–Kier alpha value is -3.55. The van der Waals surface area contributed by atoms with Gasteiger partial charge in [0, 0.05) is 31.2 Å². The Morgan fingerprint density at radius 1 is 0.971 bits per heavy atom. The van der Waals surface area contributed by atoms with Crippen molar-refractivity contribution < 1.29 is 32.9 Å². The van der Waals surface area contributed by atoms with Crippen molar-refractivity contribution in [2.24, 2.45) is 0 Å². The summed E-state index contributed by atoms with van der Waals surface area (Å²) < 4.78 is 33.2. The van der Waals surface area contributed by atoms with Gasteiger partial charge in [-0.1, -0.05) is 29.8 Å². The highest BCUT2D eigenvalue weighted by molar-refractivity contribution is 6.11. The first-order valence-electron chi connectivity index (χ1n) is 10.8. The normalized spacial score (nSPS) is 11.1. The number of para-hydroxylation sites is 1. The maximum Gasteiger partial charge on any atom is 0.193 e. The first-order chi connectivity index (χ1) is 16.5. The summed E-state index contributed by atoms with van der Waals surface area (Å²) in [7, 11) is 4.54. The maximum absolute atomic E-state index is 13.4. The van der Waals surface area contributed by atoms with Gasteiger partial charge in [0.15, 0.2) is 19.4 Å². The van der Waals surface area contributed by atoms with Gasteiger partial charge in [-0.25, -0.2) is 0 Å². The number of allylic oxidation sites excluding steroid dienone is 3. The zero-order chi connectivity index (χ0) is 24.5. The zero-order valence-corrected chi connectivity index (χ0v) is 20.2. The molecule has 0 aliphatic heterocycles. The summed E-state index contributed by atoms with van der Waals surface area (Å²) in [5.74, 6) is 1.42. The van der Waals surface area contributed by atoms with Crippen molar-refractivity contribution in [1.29, 1.82) is 0 Å². The van der Waals surface area contributed by atoms with E-state index in [0.717, 1.165) is 16.5 Å². The zero-order valence-electron chi connectivity index (χ0n) is 20.2. The number of rotatable bonds is 12. The van der Waals surface area contributed by atoms with E-state index < -0.39 is 0 Å². The van der Waals surface area contributed by atoms with Crippen molar-refractivity contribution >= 4 is 22.8 Å². The molecule has 0 aliphatic rings. The fraction of sp³-hybridized carbons (Fsp3) is 0.296. The third-order valence-corrected chi connectivity index (χ3v) is 4.98. The summed E-state index contributed by atoms with van der Waals surface area (Å²) in [6.45, 7) is 3.98. The smallest absolute Gasteiger partial charge is 0.193 e. The van der Waals surface area contributed by atoms with Crippen LogP contribution >= 0.6 is 0 Å². The van der Waals surface area contributed by atoms with Crippen molar-refractivity contribution in [2.75, 3.05) is 34.9 Å². The van der Waals surface area contributed by atoms with Crippen LogP contribution in [0.2, 0.25) is 0 Å². The monoisotopic (exact) mass is 466 g/mol. The Balaban J connectivity index is 2.08. The molecule has 0 bridgehead atoms. The minimum Gasteiger partial charge on any atom is -0.496 e. The fourth-order valence-electron chi connectivity index (χ4n) is 3.40. The van der Waals surface area contributed by atoms with Crippen LogP contribution in [-0.4, -0.2) is 40.7 Å². The number of hydrogen-bond donors (Lipinski definition) is 0. The third kappa shape index (κ3) is 6.07. The van der Waals surface area contributed by atoms with Gasteiger partial charge in [-0.2, -0.15) is 0 Å². The van der Waals surface area contributed by atoms with Crippen molar-refractivity contribution in [3.63, 3.8) is 0 Å². The molecular weight excluding hydrogens is 436 g/mol. The largest absolute Gasteiger partial charge is 0.496 e. The second-order valence-electron chi connectivity index (χ2n) is 7.73. The number of fused-ring (bicyclic) bond motifs is 1. The van der Waals surface area contributed by atoms with Gasteiger partial charge in [0.25, 0.3) is 0 Å². The van der Waals surface area contributed by atoms with Gasteiger partial charge in [-0.05, 0) is 44.6 Å². The average Bonchev–Trinajstić information content (AvgIpc) is 3.26. The highest BCUT2D eigenvalue weighted by Gasteiger charge is 2.25. The number of ketones is 1. The van der Waals surface area contributed by atoms with E-state index in [9.17, 15) is 4.79 Å². The number of ether oxygens (including phenoxy) is 5. The number of benzene rings is 2. The van der Waals surface area contributed by atoms with Crippen LogP contribution in [0.25, 0.3) is 17.0 Å². The second kappa shape index (κ2) is 12.1. The van der Waals surface area contributed by atoms with Crippen molar-refractivity contribution in [2.45, 2.75) is 20.3 Å². The topological polar surface area (TPSA) is 76.4 Å². The lowest BCUT2D eigenvalue weighted by atomic mass is 9.99.